The molecule has 10 nitrogen and oxygen atoms in total. The summed E-state index contributed by atoms with van der Waals surface area (Å²) in [6, 6.07) is 14.2. The van der Waals surface area contributed by atoms with E-state index >= 15 is 0 Å². The number of aliphatic carboxylic acids is 1. The van der Waals surface area contributed by atoms with Crippen molar-refractivity contribution in [3.8, 4) is 22.5 Å². The van der Waals surface area contributed by atoms with Crippen LogP contribution < -0.4 is 0 Å². The molecular formula is C23H24N6O4. The molecule has 10 heteroatoms. The molecule has 33 heavy (non-hydrogen) atoms. The molecule has 0 radical (unpaired) electrons. The van der Waals surface area contributed by atoms with Gasteiger partial charge in [0.25, 0.3) is 5.91 Å². The second-order valence-corrected chi connectivity index (χ2v) is 7.86. The van der Waals surface area contributed by atoms with Crippen molar-refractivity contribution in [3.05, 3.63) is 54.1 Å². The number of aromatic nitrogens is 4. The highest BCUT2D eigenvalue weighted by molar-refractivity contribution is 6.06. The van der Waals surface area contributed by atoms with Gasteiger partial charge < -0.3 is 10.0 Å². The van der Waals surface area contributed by atoms with E-state index < -0.39 is 30.5 Å². The van der Waals surface area contributed by atoms with Crippen molar-refractivity contribution in [3.63, 3.8) is 0 Å². The highest BCUT2D eigenvalue weighted by atomic mass is 16.4. The molecule has 0 aliphatic carbocycles. The molecule has 1 atom stereocenters. The predicted octanol–water partition coefficient (Wildman–Crippen LogP) is 2.94. The molecular weight excluding hydrogens is 424 g/mol. The number of nitrogens with zero attached hydrogens (tertiary/aromatic N) is 5. The molecule has 2 aromatic carbocycles. The maximum absolute atomic E-state index is 12.8. The van der Waals surface area contributed by atoms with E-state index in [9.17, 15) is 14.4 Å². The molecule has 3 amide bonds. The number of H-pyrrole nitrogens is 1. The van der Waals surface area contributed by atoms with E-state index in [0.29, 0.717) is 12.2 Å². The van der Waals surface area contributed by atoms with E-state index in [4.69, 9.17) is 5.11 Å². The number of aromatic amines is 1. The molecule has 1 fully saturated rings. The lowest BCUT2D eigenvalue weighted by molar-refractivity contribution is -0.141. The first-order chi connectivity index (χ1) is 16.0. The molecule has 2 heterocycles. The van der Waals surface area contributed by atoms with Crippen LogP contribution >= 0.6 is 0 Å². The van der Waals surface area contributed by atoms with Crippen LogP contribution in [0.3, 0.4) is 0 Å². The van der Waals surface area contributed by atoms with Gasteiger partial charge in [-0.15, -0.1) is 10.2 Å². The molecule has 4 rings (SSSR count). The summed E-state index contributed by atoms with van der Waals surface area (Å²) in [4.78, 5) is 39.0. The van der Waals surface area contributed by atoms with Crippen LogP contribution in [0.2, 0.25) is 0 Å². The summed E-state index contributed by atoms with van der Waals surface area (Å²) in [5.41, 5.74) is 3.56. The maximum atomic E-state index is 12.8. The molecule has 1 unspecified atom stereocenters. The minimum atomic E-state index is -1.21. The monoisotopic (exact) mass is 448 g/mol. The van der Waals surface area contributed by atoms with Gasteiger partial charge in [0.15, 0.2) is 0 Å². The zero-order chi connectivity index (χ0) is 23.4. The number of benzene rings is 2. The molecule has 0 spiro atoms. The van der Waals surface area contributed by atoms with Gasteiger partial charge >= 0.3 is 12.0 Å². The van der Waals surface area contributed by atoms with Crippen LogP contribution in [0.4, 0.5) is 4.79 Å². The summed E-state index contributed by atoms with van der Waals surface area (Å²) in [5, 5.41) is 23.3. The van der Waals surface area contributed by atoms with E-state index in [1.165, 1.54) is 4.90 Å². The topological polar surface area (TPSA) is 132 Å². The third-order valence-electron chi connectivity index (χ3n) is 5.66. The van der Waals surface area contributed by atoms with Crippen LogP contribution in [0.15, 0.2) is 48.5 Å². The second kappa shape index (κ2) is 9.60. The van der Waals surface area contributed by atoms with Gasteiger partial charge in [-0.3, -0.25) is 14.5 Å². The van der Waals surface area contributed by atoms with Crippen molar-refractivity contribution in [2.24, 2.45) is 0 Å². The van der Waals surface area contributed by atoms with Gasteiger partial charge in [0, 0.05) is 12.1 Å². The molecule has 1 saturated heterocycles. The first-order valence-corrected chi connectivity index (χ1v) is 10.8. The van der Waals surface area contributed by atoms with Crippen molar-refractivity contribution in [2.45, 2.75) is 38.8 Å². The van der Waals surface area contributed by atoms with Gasteiger partial charge in [-0.2, -0.15) is 5.21 Å². The molecule has 170 valence electrons. The van der Waals surface area contributed by atoms with E-state index in [-0.39, 0.29) is 6.54 Å². The van der Waals surface area contributed by atoms with E-state index in [2.05, 4.69) is 20.6 Å². The third kappa shape index (κ3) is 4.59. The van der Waals surface area contributed by atoms with Gasteiger partial charge in [-0.1, -0.05) is 68.3 Å². The number of carbonyl (C=O) groups is 3. The SMILES string of the molecule is CCCCC1C(=O)N(CC(=O)O)C(=O)N1Cc1ccc(-c2ccccc2-c2nn[nH]n2)cc1. The number of unbranched alkanes of at least 4 members (excludes halogenated alkanes) is 1. The van der Waals surface area contributed by atoms with Crippen molar-refractivity contribution >= 4 is 17.9 Å². The Kier molecular flexibility index (Phi) is 6.43. The van der Waals surface area contributed by atoms with Crippen molar-refractivity contribution < 1.29 is 19.5 Å². The van der Waals surface area contributed by atoms with E-state index in [0.717, 1.165) is 40.0 Å². The zero-order valence-electron chi connectivity index (χ0n) is 18.1. The minimum absolute atomic E-state index is 0.224. The lowest BCUT2D eigenvalue weighted by atomic mass is 9.98. The summed E-state index contributed by atoms with van der Waals surface area (Å²) < 4.78 is 0. The minimum Gasteiger partial charge on any atom is -0.480 e. The molecule has 3 aromatic rings. The number of tetrazole rings is 1. The number of hydrogen-bond donors (Lipinski definition) is 2. The Morgan fingerprint density at radius 3 is 2.45 bits per heavy atom. The van der Waals surface area contributed by atoms with Crippen molar-refractivity contribution in [1.29, 1.82) is 0 Å². The quantitative estimate of drug-likeness (QED) is 0.481. The summed E-state index contributed by atoms with van der Waals surface area (Å²) in [5.74, 6) is -1.16. The average Bonchev–Trinajstić information content (AvgIpc) is 3.42. The standard InChI is InChI=1S/C23H24N6O4/c1-2-3-8-19-22(32)29(14-20(30)31)23(33)28(19)13-15-9-11-16(12-10-15)17-6-4-5-7-18(17)21-24-26-27-25-21/h4-7,9-12,19H,2-3,8,13-14H2,1H3,(H,30,31)(H,24,25,26,27). The summed E-state index contributed by atoms with van der Waals surface area (Å²) in [6.45, 7) is 1.61. The predicted molar refractivity (Wildman–Crippen MR) is 119 cm³/mol. The highest BCUT2D eigenvalue weighted by Crippen LogP contribution is 2.30. The maximum Gasteiger partial charge on any atom is 0.328 e. The fraction of sp³-hybridized carbons (Fsp3) is 0.304. The van der Waals surface area contributed by atoms with Crippen LogP contribution in [-0.4, -0.2) is 66.0 Å². The van der Waals surface area contributed by atoms with Gasteiger partial charge in [-0.05, 0) is 28.3 Å². The third-order valence-corrected chi connectivity index (χ3v) is 5.66. The number of nitrogens with one attached hydrogen (secondary N) is 1. The summed E-state index contributed by atoms with van der Waals surface area (Å²) >= 11 is 0. The number of carboxylic acid groups (broad SMARTS) is 1. The number of rotatable bonds is 9. The summed E-state index contributed by atoms with van der Waals surface area (Å²) in [7, 11) is 0. The Morgan fingerprint density at radius 1 is 1.09 bits per heavy atom. The highest BCUT2D eigenvalue weighted by Gasteiger charge is 2.45. The van der Waals surface area contributed by atoms with E-state index in [1.807, 2.05) is 55.5 Å². The van der Waals surface area contributed by atoms with Crippen LogP contribution in [0.1, 0.15) is 31.7 Å². The first kappa shape index (κ1) is 22.1. The lowest BCUT2D eigenvalue weighted by Crippen LogP contribution is -2.36. The Bertz CT molecular complexity index is 1150. The normalized spacial score (nSPS) is 16.0. The smallest absolute Gasteiger partial charge is 0.328 e. The molecule has 1 aromatic heterocycles. The Balaban J connectivity index is 1.57. The van der Waals surface area contributed by atoms with Crippen LogP contribution in [0.5, 0.6) is 0 Å². The van der Waals surface area contributed by atoms with Gasteiger partial charge in [0.1, 0.15) is 12.6 Å². The Hall–Kier alpha value is -4.08. The molecule has 1 aliphatic heterocycles. The molecule has 1 aliphatic rings. The average molecular weight is 448 g/mol. The Morgan fingerprint density at radius 2 is 1.82 bits per heavy atom. The van der Waals surface area contributed by atoms with Gasteiger partial charge in [0.05, 0.1) is 0 Å². The number of urea groups is 1. The second-order valence-electron chi connectivity index (χ2n) is 7.86. The fourth-order valence-corrected chi connectivity index (χ4v) is 4.02. The van der Waals surface area contributed by atoms with Crippen molar-refractivity contribution in [2.75, 3.05) is 6.54 Å². The van der Waals surface area contributed by atoms with Gasteiger partial charge in [0.2, 0.25) is 5.82 Å². The van der Waals surface area contributed by atoms with E-state index in [1.54, 1.807) is 0 Å². The van der Waals surface area contributed by atoms with Crippen LogP contribution in [-0.2, 0) is 16.1 Å². The first-order valence-electron chi connectivity index (χ1n) is 10.8. The summed E-state index contributed by atoms with van der Waals surface area (Å²) in [6.07, 6.45) is 2.15. The number of carbonyl (C=O) groups excluding carboxylic acids is 2. The molecule has 0 saturated carbocycles. The number of carboxylic acids is 1. The number of imide groups is 1. The largest absolute Gasteiger partial charge is 0.480 e. The number of amides is 3. The van der Waals surface area contributed by atoms with Crippen LogP contribution in [0.25, 0.3) is 22.5 Å². The van der Waals surface area contributed by atoms with Crippen molar-refractivity contribution in [1.82, 2.24) is 30.4 Å². The lowest BCUT2D eigenvalue weighted by Gasteiger charge is -2.22. The fourth-order valence-electron chi connectivity index (χ4n) is 4.02. The molecule has 0 bridgehead atoms. The van der Waals surface area contributed by atoms with Gasteiger partial charge in [-0.25, -0.2) is 4.79 Å². The zero-order valence-corrected chi connectivity index (χ0v) is 18.1. The van der Waals surface area contributed by atoms with Crippen LogP contribution in [0, 0.1) is 0 Å². The number of hydrogen-bond acceptors (Lipinski definition) is 6. The Labute approximate surface area is 190 Å². The molecule has 2 N–H and O–H groups in total.